The first-order valence-electron chi connectivity index (χ1n) is 9.49. The minimum absolute atomic E-state index is 0.0959. The van der Waals surface area contributed by atoms with Crippen LogP contribution in [0.3, 0.4) is 0 Å². The van der Waals surface area contributed by atoms with Crippen molar-refractivity contribution in [2.24, 2.45) is 5.92 Å². The highest BCUT2D eigenvalue weighted by Crippen LogP contribution is 2.32. The summed E-state index contributed by atoms with van der Waals surface area (Å²) >= 11 is 0. The van der Waals surface area contributed by atoms with Crippen molar-refractivity contribution in [3.63, 3.8) is 0 Å². The summed E-state index contributed by atoms with van der Waals surface area (Å²) in [5.74, 6) is -0.659. The summed E-state index contributed by atoms with van der Waals surface area (Å²) in [4.78, 5) is 22.4. The highest BCUT2D eigenvalue weighted by Gasteiger charge is 2.37. The molecule has 0 radical (unpaired) electrons. The average Bonchev–Trinajstić information content (AvgIpc) is 2.47. The third-order valence-corrected chi connectivity index (χ3v) is 4.82. The summed E-state index contributed by atoms with van der Waals surface area (Å²) in [5.41, 5.74) is 0. The van der Waals surface area contributed by atoms with Gasteiger partial charge in [-0.1, -0.05) is 44.9 Å². The molecule has 1 atom stereocenters. The maximum absolute atomic E-state index is 9.49. The van der Waals surface area contributed by atoms with E-state index in [-0.39, 0.29) is 12.0 Å². The SMILES string of the molecule is CC(O)CC1COOC2(CCCCCCCCCCC2)OOC1. The Morgan fingerprint density at radius 3 is 1.70 bits per heavy atom. The molecule has 0 aromatic rings. The molecule has 1 N–H and O–H groups in total. The van der Waals surface area contributed by atoms with Crippen molar-refractivity contribution < 1.29 is 24.7 Å². The van der Waals surface area contributed by atoms with E-state index in [1.807, 2.05) is 0 Å². The van der Waals surface area contributed by atoms with Gasteiger partial charge in [0.25, 0.3) is 0 Å². The molecule has 1 aliphatic carbocycles. The molecule has 1 saturated carbocycles. The Labute approximate surface area is 140 Å². The van der Waals surface area contributed by atoms with Crippen LogP contribution < -0.4 is 0 Å². The lowest BCUT2D eigenvalue weighted by Crippen LogP contribution is -2.40. The summed E-state index contributed by atoms with van der Waals surface area (Å²) in [5, 5.41) is 9.49. The highest BCUT2D eigenvalue weighted by molar-refractivity contribution is 4.70. The van der Waals surface area contributed by atoms with Gasteiger partial charge in [0.2, 0.25) is 5.79 Å². The molecule has 1 unspecified atom stereocenters. The maximum Gasteiger partial charge on any atom is 0.233 e. The van der Waals surface area contributed by atoms with Crippen molar-refractivity contribution in [2.45, 2.75) is 95.9 Å². The van der Waals surface area contributed by atoms with E-state index < -0.39 is 5.79 Å². The van der Waals surface area contributed by atoms with Gasteiger partial charge in [-0.2, -0.15) is 9.78 Å². The second-order valence-electron chi connectivity index (χ2n) is 7.28. The Balaban J connectivity index is 1.85. The second-order valence-corrected chi connectivity index (χ2v) is 7.28. The van der Waals surface area contributed by atoms with E-state index in [1.54, 1.807) is 6.92 Å². The van der Waals surface area contributed by atoms with E-state index in [2.05, 4.69) is 0 Å². The Morgan fingerprint density at radius 2 is 1.26 bits per heavy atom. The van der Waals surface area contributed by atoms with Crippen LogP contribution in [0.2, 0.25) is 0 Å². The molecule has 23 heavy (non-hydrogen) atoms. The van der Waals surface area contributed by atoms with Crippen molar-refractivity contribution in [2.75, 3.05) is 13.2 Å². The van der Waals surface area contributed by atoms with Gasteiger partial charge in [-0.25, -0.2) is 9.78 Å². The Bertz CT molecular complexity index is 284. The van der Waals surface area contributed by atoms with Crippen LogP contribution in [0.1, 0.15) is 84.0 Å². The molecule has 2 fully saturated rings. The van der Waals surface area contributed by atoms with Crippen LogP contribution >= 0.6 is 0 Å². The lowest BCUT2D eigenvalue weighted by atomic mass is 9.97. The zero-order valence-corrected chi connectivity index (χ0v) is 14.6. The minimum Gasteiger partial charge on any atom is -0.393 e. The van der Waals surface area contributed by atoms with Gasteiger partial charge >= 0.3 is 0 Å². The summed E-state index contributed by atoms with van der Waals surface area (Å²) in [7, 11) is 0. The third kappa shape index (κ3) is 7.48. The van der Waals surface area contributed by atoms with E-state index >= 15 is 0 Å². The molecule has 2 aliphatic rings. The smallest absolute Gasteiger partial charge is 0.233 e. The molecule has 136 valence electrons. The van der Waals surface area contributed by atoms with Gasteiger partial charge in [-0.15, -0.1) is 0 Å². The zero-order chi connectivity index (χ0) is 16.4. The molecule has 0 amide bonds. The number of hydrogen-bond acceptors (Lipinski definition) is 5. The van der Waals surface area contributed by atoms with Crippen LogP contribution in [0, 0.1) is 5.92 Å². The van der Waals surface area contributed by atoms with Crippen LogP contribution in [-0.2, 0) is 19.6 Å². The van der Waals surface area contributed by atoms with Gasteiger partial charge in [0, 0.05) is 18.8 Å². The van der Waals surface area contributed by atoms with Crippen LogP contribution in [0.25, 0.3) is 0 Å². The number of aliphatic hydroxyl groups is 1. The quantitative estimate of drug-likeness (QED) is 0.766. The summed E-state index contributed by atoms with van der Waals surface area (Å²) in [6.07, 6.45) is 13.1. The topological polar surface area (TPSA) is 57.2 Å². The van der Waals surface area contributed by atoms with Crippen LogP contribution in [0.4, 0.5) is 0 Å². The van der Waals surface area contributed by atoms with Gasteiger partial charge < -0.3 is 5.11 Å². The van der Waals surface area contributed by atoms with Crippen LogP contribution in [0.5, 0.6) is 0 Å². The van der Waals surface area contributed by atoms with E-state index in [4.69, 9.17) is 19.6 Å². The van der Waals surface area contributed by atoms with Gasteiger partial charge in [0.15, 0.2) is 0 Å². The number of rotatable bonds is 2. The fraction of sp³-hybridized carbons (Fsp3) is 1.00. The molecule has 5 heteroatoms. The standard InChI is InChI=1S/C18H34O5/c1-16(19)13-17-14-20-22-18(23-21-15-17)11-9-7-5-3-2-4-6-8-10-12-18/h16-17,19H,2-15H2,1H3. The van der Waals surface area contributed by atoms with Crippen molar-refractivity contribution in [3.8, 4) is 0 Å². The van der Waals surface area contributed by atoms with Crippen molar-refractivity contribution in [1.82, 2.24) is 0 Å². The molecule has 0 aromatic carbocycles. The second kappa shape index (κ2) is 10.6. The molecule has 2 rings (SSSR count). The summed E-state index contributed by atoms with van der Waals surface area (Å²) < 4.78 is 0. The van der Waals surface area contributed by atoms with E-state index in [0.29, 0.717) is 19.6 Å². The third-order valence-electron chi connectivity index (χ3n) is 4.82. The highest BCUT2D eigenvalue weighted by atomic mass is 17.3. The van der Waals surface area contributed by atoms with Crippen LogP contribution in [-0.4, -0.2) is 30.2 Å². The zero-order valence-electron chi connectivity index (χ0n) is 14.6. The lowest BCUT2D eigenvalue weighted by Gasteiger charge is -2.34. The molecule has 5 nitrogen and oxygen atoms in total. The predicted octanol–water partition coefficient (Wildman–Crippen LogP) is 4.28. The van der Waals surface area contributed by atoms with E-state index in [1.165, 1.54) is 44.9 Å². The maximum atomic E-state index is 9.49. The van der Waals surface area contributed by atoms with E-state index in [0.717, 1.165) is 25.7 Å². The molecule has 1 aliphatic heterocycles. The molecular weight excluding hydrogens is 296 g/mol. The lowest BCUT2D eigenvalue weighted by molar-refractivity contribution is -0.531. The monoisotopic (exact) mass is 330 g/mol. The first-order valence-corrected chi connectivity index (χ1v) is 9.49. The average molecular weight is 330 g/mol. The fourth-order valence-corrected chi connectivity index (χ4v) is 3.47. The summed E-state index contributed by atoms with van der Waals surface area (Å²) in [6.45, 7) is 2.65. The minimum atomic E-state index is -0.755. The first-order chi connectivity index (χ1) is 11.2. The fourth-order valence-electron chi connectivity index (χ4n) is 3.47. The Morgan fingerprint density at radius 1 is 0.826 bits per heavy atom. The Hall–Kier alpha value is -0.200. The van der Waals surface area contributed by atoms with Crippen molar-refractivity contribution in [1.29, 1.82) is 0 Å². The number of aliphatic hydroxyl groups excluding tert-OH is 1. The van der Waals surface area contributed by atoms with Gasteiger partial charge in [0.1, 0.15) is 0 Å². The molecular formula is C18H34O5. The Kier molecular flexibility index (Phi) is 8.83. The normalized spacial score (nSPS) is 27.4. The van der Waals surface area contributed by atoms with Crippen molar-refractivity contribution in [3.05, 3.63) is 0 Å². The molecule has 0 bridgehead atoms. The molecule has 0 aromatic heterocycles. The van der Waals surface area contributed by atoms with Gasteiger partial charge in [0.05, 0.1) is 19.3 Å². The first kappa shape index (κ1) is 19.1. The van der Waals surface area contributed by atoms with Gasteiger partial charge in [-0.05, 0) is 26.2 Å². The van der Waals surface area contributed by atoms with Gasteiger partial charge in [-0.3, -0.25) is 0 Å². The molecule has 1 saturated heterocycles. The molecule has 1 spiro atoms. The molecule has 1 heterocycles. The number of hydrogen-bond donors (Lipinski definition) is 1. The predicted molar refractivity (Wildman–Crippen MR) is 87.4 cm³/mol. The van der Waals surface area contributed by atoms with E-state index in [9.17, 15) is 5.11 Å². The summed E-state index contributed by atoms with van der Waals surface area (Å²) in [6, 6.07) is 0. The van der Waals surface area contributed by atoms with Crippen LogP contribution in [0.15, 0.2) is 0 Å². The largest absolute Gasteiger partial charge is 0.393 e. The van der Waals surface area contributed by atoms with Crippen molar-refractivity contribution >= 4 is 0 Å².